The molecule has 0 aromatic heterocycles. The summed E-state index contributed by atoms with van der Waals surface area (Å²) in [4.78, 5) is 22.6. The average Bonchev–Trinajstić information content (AvgIpc) is 3.23. The molecule has 5 heteroatoms. The Kier molecular flexibility index (Phi) is 4.98. The molecule has 0 saturated heterocycles. The Balaban J connectivity index is 1.69. The molecule has 1 fully saturated rings. The third-order valence-corrected chi connectivity index (χ3v) is 3.32. The van der Waals surface area contributed by atoms with Crippen LogP contribution in [0.25, 0.3) is 0 Å². The number of alkyl carbamates (subject to hydrolysis) is 1. The lowest BCUT2D eigenvalue weighted by atomic mass is 10.1. The van der Waals surface area contributed by atoms with Crippen LogP contribution in [-0.2, 0) is 16.0 Å². The Morgan fingerprint density at radius 3 is 2.60 bits per heavy atom. The maximum Gasteiger partial charge on any atom is 0.407 e. The summed E-state index contributed by atoms with van der Waals surface area (Å²) in [5, 5.41) is 11.4. The molecule has 5 nitrogen and oxygen atoms in total. The Morgan fingerprint density at radius 1 is 1.30 bits per heavy atom. The van der Waals surface area contributed by atoms with Gasteiger partial charge in [-0.1, -0.05) is 43.2 Å². The van der Waals surface area contributed by atoms with Crippen molar-refractivity contribution in [3.63, 3.8) is 0 Å². The fourth-order valence-electron chi connectivity index (χ4n) is 2.00. The standard InChI is InChI=1S/C15H19NO4/c17-14(18)13(10-12-6-7-12)16-15(19)20-9-8-11-4-2-1-3-5-11/h1-5,12-13H,6-10H2,(H,16,19)(H,17,18). The minimum atomic E-state index is -1.00. The zero-order chi connectivity index (χ0) is 14.4. The van der Waals surface area contributed by atoms with Gasteiger partial charge in [-0.2, -0.15) is 0 Å². The fourth-order valence-corrected chi connectivity index (χ4v) is 2.00. The second kappa shape index (κ2) is 6.93. The number of hydrogen-bond donors (Lipinski definition) is 2. The Morgan fingerprint density at radius 2 is 2.00 bits per heavy atom. The van der Waals surface area contributed by atoms with Crippen LogP contribution in [0.4, 0.5) is 4.79 Å². The topological polar surface area (TPSA) is 75.6 Å². The predicted octanol–water partition coefficient (Wildman–Crippen LogP) is 2.21. The van der Waals surface area contributed by atoms with E-state index >= 15 is 0 Å². The molecule has 1 aliphatic rings. The lowest BCUT2D eigenvalue weighted by Crippen LogP contribution is -2.41. The summed E-state index contributed by atoms with van der Waals surface area (Å²) in [5.41, 5.74) is 1.08. The number of ether oxygens (including phenoxy) is 1. The van der Waals surface area contributed by atoms with Crippen LogP contribution >= 0.6 is 0 Å². The van der Waals surface area contributed by atoms with Crippen molar-refractivity contribution >= 4 is 12.1 Å². The summed E-state index contributed by atoms with van der Waals surface area (Å²) in [6.07, 6.45) is 2.55. The van der Waals surface area contributed by atoms with Gasteiger partial charge in [-0.15, -0.1) is 0 Å². The van der Waals surface area contributed by atoms with Crippen LogP contribution in [0, 0.1) is 5.92 Å². The number of carboxylic acids is 1. The van der Waals surface area contributed by atoms with Crippen LogP contribution < -0.4 is 5.32 Å². The van der Waals surface area contributed by atoms with Crippen LogP contribution in [0.15, 0.2) is 30.3 Å². The van der Waals surface area contributed by atoms with Crippen molar-refractivity contribution in [2.75, 3.05) is 6.61 Å². The van der Waals surface area contributed by atoms with Gasteiger partial charge >= 0.3 is 12.1 Å². The number of aliphatic carboxylic acids is 1. The smallest absolute Gasteiger partial charge is 0.407 e. The molecule has 1 unspecified atom stereocenters. The maximum atomic E-state index is 11.6. The molecule has 1 aromatic carbocycles. The van der Waals surface area contributed by atoms with Gasteiger partial charge in [-0.05, 0) is 17.9 Å². The van der Waals surface area contributed by atoms with Gasteiger partial charge in [0.25, 0.3) is 0 Å². The highest BCUT2D eigenvalue weighted by Crippen LogP contribution is 2.33. The largest absolute Gasteiger partial charge is 0.480 e. The van der Waals surface area contributed by atoms with E-state index in [0.29, 0.717) is 18.8 Å². The molecule has 20 heavy (non-hydrogen) atoms. The second-order valence-electron chi connectivity index (χ2n) is 5.09. The van der Waals surface area contributed by atoms with Crippen molar-refractivity contribution < 1.29 is 19.4 Å². The highest BCUT2D eigenvalue weighted by Gasteiger charge is 2.30. The number of rotatable bonds is 7. The number of carboxylic acid groups (broad SMARTS) is 1. The lowest BCUT2D eigenvalue weighted by Gasteiger charge is -2.14. The lowest BCUT2D eigenvalue weighted by molar-refractivity contribution is -0.139. The molecule has 1 aliphatic carbocycles. The third kappa shape index (κ3) is 4.91. The summed E-state index contributed by atoms with van der Waals surface area (Å²) < 4.78 is 5.02. The van der Waals surface area contributed by atoms with Gasteiger partial charge in [0.05, 0.1) is 6.61 Å². The van der Waals surface area contributed by atoms with Gasteiger partial charge in [0.1, 0.15) is 6.04 Å². The second-order valence-corrected chi connectivity index (χ2v) is 5.09. The van der Waals surface area contributed by atoms with Crippen LogP contribution in [0.5, 0.6) is 0 Å². The summed E-state index contributed by atoms with van der Waals surface area (Å²) in [7, 11) is 0. The van der Waals surface area contributed by atoms with E-state index in [1.165, 1.54) is 0 Å². The Bertz CT molecular complexity index is 456. The number of carbonyl (C=O) groups is 2. The van der Waals surface area contributed by atoms with E-state index in [9.17, 15) is 9.59 Å². The van der Waals surface area contributed by atoms with E-state index < -0.39 is 18.1 Å². The molecule has 0 radical (unpaired) electrons. The minimum Gasteiger partial charge on any atom is -0.480 e. The van der Waals surface area contributed by atoms with E-state index in [1.807, 2.05) is 30.3 Å². The molecular weight excluding hydrogens is 258 g/mol. The van der Waals surface area contributed by atoms with Crippen molar-refractivity contribution in [1.29, 1.82) is 0 Å². The molecule has 0 aliphatic heterocycles. The first-order valence-electron chi connectivity index (χ1n) is 6.85. The number of carbonyl (C=O) groups excluding carboxylic acids is 1. The third-order valence-electron chi connectivity index (χ3n) is 3.32. The molecule has 108 valence electrons. The van der Waals surface area contributed by atoms with E-state index in [-0.39, 0.29) is 6.61 Å². The van der Waals surface area contributed by atoms with Crippen LogP contribution in [0.1, 0.15) is 24.8 Å². The van der Waals surface area contributed by atoms with Crippen LogP contribution in [0.2, 0.25) is 0 Å². The molecule has 0 heterocycles. The number of benzene rings is 1. The molecular formula is C15H19NO4. The Labute approximate surface area is 117 Å². The summed E-state index contributed by atoms with van der Waals surface area (Å²) >= 11 is 0. The van der Waals surface area contributed by atoms with Gasteiger partial charge in [0.2, 0.25) is 0 Å². The van der Waals surface area contributed by atoms with Crippen molar-refractivity contribution in [3.05, 3.63) is 35.9 Å². The fraction of sp³-hybridized carbons (Fsp3) is 0.467. The monoisotopic (exact) mass is 277 g/mol. The SMILES string of the molecule is O=C(NC(CC1CC1)C(=O)O)OCCc1ccccc1. The molecule has 1 saturated carbocycles. The Hall–Kier alpha value is -2.04. The number of amides is 1. The normalized spacial score (nSPS) is 15.4. The summed E-state index contributed by atoms with van der Waals surface area (Å²) in [5.74, 6) is -0.572. The average molecular weight is 277 g/mol. The van der Waals surface area contributed by atoms with Gasteiger partial charge in [0.15, 0.2) is 0 Å². The molecule has 1 aromatic rings. The maximum absolute atomic E-state index is 11.6. The molecule has 2 N–H and O–H groups in total. The van der Waals surface area contributed by atoms with Gasteiger partial charge in [0, 0.05) is 6.42 Å². The zero-order valence-corrected chi connectivity index (χ0v) is 11.2. The first kappa shape index (κ1) is 14.4. The molecule has 0 spiro atoms. The minimum absolute atomic E-state index is 0.242. The summed E-state index contributed by atoms with van der Waals surface area (Å²) in [6, 6.07) is 8.83. The van der Waals surface area contributed by atoms with Crippen LogP contribution in [0.3, 0.4) is 0 Å². The van der Waals surface area contributed by atoms with Crippen LogP contribution in [-0.4, -0.2) is 29.8 Å². The van der Waals surface area contributed by atoms with Crippen molar-refractivity contribution in [2.45, 2.75) is 31.7 Å². The molecule has 0 bridgehead atoms. The summed E-state index contributed by atoms with van der Waals surface area (Å²) in [6.45, 7) is 0.242. The van der Waals surface area contributed by atoms with E-state index in [0.717, 1.165) is 18.4 Å². The van der Waals surface area contributed by atoms with Gasteiger partial charge in [-0.25, -0.2) is 9.59 Å². The van der Waals surface area contributed by atoms with Crippen molar-refractivity contribution in [2.24, 2.45) is 5.92 Å². The highest BCUT2D eigenvalue weighted by atomic mass is 16.5. The van der Waals surface area contributed by atoms with E-state index in [1.54, 1.807) is 0 Å². The zero-order valence-electron chi connectivity index (χ0n) is 11.2. The number of hydrogen-bond acceptors (Lipinski definition) is 3. The predicted molar refractivity (Wildman–Crippen MR) is 73.4 cm³/mol. The first-order valence-corrected chi connectivity index (χ1v) is 6.85. The first-order chi connectivity index (χ1) is 9.65. The van der Waals surface area contributed by atoms with Gasteiger partial charge < -0.3 is 15.2 Å². The molecule has 2 rings (SSSR count). The van der Waals surface area contributed by atoms with E-state index in [4.69, 9.17) is 9.84 Å². The highest BCUT2D eigenvalue weighted by molar-refractivity contribution is 5.79. The molecule has 1 amide bonds. The number of nitrogens with one attached hydrogen (secondary N) is 1. The van der Waals surface area contributed by atoms with Crippen molar-refractivity contribution in [1.82, 2.24) is 5.32 Å². The quantitative estimate of drug-likeness (QED) is 0.801. The van der Waals surface area contributed by atoms with E-state index in [2.05, 4.69) is 5.32 Å². The van der Waals surface area contributed by atoms with Gasteiger partial charge in [-0.3, -0.25) is 0 Å². The van der Waals surface area contributed by atoms with Crippen molar-refractivity contribution in [3.8, 4) is 0 Å². The molecule has 1 atom stereocenters.